The van der Waals surface area contributed by atoms with Crippen LogP contribution in [0.25, 0.3) is 5.65 Å². The molecule has 2 heterocycles. The van der Waals surface area contributed by atoms with Gasteiger partial charge in [0.1, 0.15) is 5.82 Å². The number of fused-ring (bicyclic) bond motifs is 1. The summed E-state index contributed by atoms with van der Waals surface area (Å²) in [6.07, 6.45) is 6.06. The highest BCUT2D eigenvalue weighted by atomic mass is 16.3. The molecular formula is C14H20N4O. The normalized spacial score (nSPS) is 23.1. The third-order valence-electron chi connectivity index (χ3n) is 4.00. The van der Waals surface area contributed by atoms with Crippen molar-refractivity contribution in [1.82, 2.24) is 14.6 Å². The summed E-state index contributed by atoms with van der Waals surface area (Å²) >= 11 is 0. The lowest BCUT2D eigenvalue weighted by molar-refractivity contribution is 0.222. The number of nitrogens with one attached hydrogen (secondary N) is 1. The second-order valence-electron chi connectivity index (χ2n) is 5.21. The highest BCUT2D eigenvalue weighted by molar-refractivity contribution is 5.49. The smallest absolute Gasteiger partial charge is 0.157 e. The molecule has 102 valence electrons. The second-order valence-corrected chi connectivity index (χ2v) is 5.21. The fraction of sp³-hybridized carbons (Fsp3) is 0.571. The van der Waals surface area contributed by atoms with E-state index in [0.29, 0.717) is 12.0 Å². The molecule has 0 saturated heterocycles. The SMILES string of the molecule is CCc1cc(N[C@H]2CCC[C@H]2CO)n2nccc2n1. The van der Waals surface area contributed by atoms with E-state index in [9.17, 15) is 5.11 Å². The molecular weight excluding hydrogens is 240 g/mol. The Morgan fingerprint density at radius 2 is 2.37 bits per heavy atom. The molecule has 0 amide bonds. The predicted octanol–water partition coefficient (Wildman–Crippen LogP) is 1.86. The standard InChI is InChI=1S/C14H20N4O/c1-2-11-8-14(18-13(16-11)6-7-15-18)17-12-5-3-4-10(12)9-19/h6-8,10,12,17,19H,2-5,9H2,1H3/t10-,12-/m0/s1. The van der Waals surface area contributed by atoms with Crippen LogP contribution in [-0.4, -0.2) is 32.4 Å². The van der Waals surface area contributed by atoms with E-state index in [1.54, 1.807) is 6.20 Å². The van der Waals surface area contributed by atoms with Crippen molar-refractivity contribution < 1.29 is 5.11 Å². The summed E-state index contributed by atoms with van der Waals surface area (Å²) in [6, 6.07) is 4.32. The van der Waals surface area contributed by atoms with Crippen molar-refractivity contribution in [2.45, 2.75) is 38.6 Å². The number of hydrogen-bond acceptors (Lipinski definition) is 4. The molecule has 2 aromatic rings. The van der Waals surface area contributed by atoms with Crippen molar-refractivity contribution in [3.05, 3.63) is 24.0 Å². The van der Waals surface area contributed by atoms with Gasteiger partial charge in [-0.25, -0.2) is 4.98 Å². The molecule has 0 bridgehead atoms. The van der Waals surface area contributed by atoms with E-state index in [0.717, 1.165) is 36.4 Å². The van der Waals surface area contributed by atoms with E-state index in [2.05, 4.69) is 28.4 Å². The number of aliphatic hydroxyl groups excluding tert-OH is 1. The number of aryl methyl sites for hydroxylation is 1. The Morgan fingerprint density at radius 3 is 3.16 bits per heavy atom. The molecule has 5 heteroatoms. The van der Waals surface area contributed by atoms with E-state index >= 15 is 0 Å². The first-order chi connectivity index (χ1) is 9.31. The third-order valence-corrected chi connectivity index (χ3v) is 4.00. The molecule has 2 N–H and O–H groups in total. The number of nitrogens with zero attached hydrogens (tertiary/aromatic N) is 3. The van der Waals surface area contributed by atoms with E-state index < -0.39 is 0 Å². The van der Waals surface area contributed by atoms with E-state index in [4.69, 9.17) is 0 Å². The van der Waals surface area contributed by atoms with Crippen LogP contribution in [0.5, 0.6) is 0 Å². The van der Waals surface area contributed by atoms with Crippen LogP contribution in [0.1, 0.15) is 31.9 Å². The van der Waals surface area contributed by atoms with Crippen molar-refractivity contribution in [3.63, 3.8) is 0 Å². The molecule has 2 aromatic heterocycles. The number of anilines is 1. The van der Waals surface area contributed by atoms with Gasteiger partial charge in [-0.05, 0) is 19.3 Å². The van der Waals surface area contributed by atoms with Gasteiger partial charge in [-0.1, -0.05) is 13.3 Å². The first-order valence-electron chi connectivity index (χ1n) is 7.03. The Hall–Kier alpha value is -1.62. The van der Waals surface area contributed by atoms with Crippen LogP contribution in [0.3, 0.4) is 0 Å². The predicted molar refractivity (Wildman–Crippen MR) is 74.2 cm³/mol. The van der Waals surface area contributed by atoms with E-state index in [1.807, 2.05) is 10.6 Å². The van der Waals surface area contributed by atoms with Gasteiger partial charge >= 0.3 is 0 Å². The molecule has 0 spiro atoms. The topological polar surface area (TPSA) is 62.5 Å². The van der Waals surface area contributed by atoms with Gasteiger partial charge < -0.3 is 10.4 Å². The minimum atomic E-state index is 0.256. The Kier molecular flexibility index (Phi) is 3.38. The summed E-state index contributed by atoms with van der Waals surface area (Å²) < 4.78 is 1.84. The van der Waals surface area contributed by atoms with Gasteiger partial charge in [0.2, 0.25) is 0 Å². The molecule has 0 aromatic carbocycles. The van der Waals surface area contributed by atoms with Crippen molar-refractivity contribution in [3.8, 4) is 0 Å². The number of hydrogen-bond donors (Lipinski definition) is 2. The maximum Gasteiger partial charge on any atom is 0.157 e. The summed E-state index contributed by atoms with van der Waals surface area (Å²) in [4.78, 5) is 4.54. The minimum absolute atomic E-state index is 0.256. The summed E-state index contributed by atoms with van der Waals surface area (Å²) in [6.45, 7) is 2.36. The molecule has 19 heavy (non-hydrogen) atoms. The lowest BCUT2D eigenvalue weighted by Gasteiger charge is -2.21. The van der Waals surface area contributed by atoms with Gasteiger partial charge in [-0.3, -0.25) is 0 Å². The zero-order chi connectivity index (χ0) is 13.2. The fourth-order valence-electron chi connectivity index (χ4n) is 2.88. The largest absolute Gasteiger partial charge is 0.396 e. The van der Waals surface area contributed by atoms with Crippen LogP contribution in [0.15, 0.2) is 18.3 Å². The molecule has 1 aliphatic rings. The zero-order valence-electron chi connectivity index (χ0n) is 11.2. The first kappa shape index (κ1) is 12.4. The number of aromatic nitrogens is 3. The number of aliphatic hydroxyl groups is 1. The minimum Gasteiger partial charge on any atom is -0.396 e. The van der Waals surface area contributed by atoms with Crippen LogP contribution in [0, 0.1) is 5.92 Å². The maximum absolute atomic E-state index is 9.41. The number of rotatable bonds is 4. The van der Waals surface area contributed by atoms with Crippen LogP contribution >= 0.6 is 0 Å². The molecule has 1 saturated carbocycles. The van der Waals surface area contributed by atoms with Crippen LogP contribution in [0.2, 0.25) is 0 Å². The lowest BCUT2D eigenvalue weighted by Crippen LogP contribution is -2.27. The first-order valence-corrected chi connectivity index (χ1v) is 7.03. The molecule has 0 aliphatic heterocycles. The Morgan fingerprint density at radius 1 is 1.47 bits per heavy atom. The van der Waals surface area contributed by atoms with Crippen molar-refractivity contribution >= 4 is 11.5 Å². The molecule has 5 nitrogen and oxygen atoms in total. The average molecular weight is 260 g/mol. The quantitative estimate of drug-likeness (QED) is 0.881. The molecule has 1 aliphatic carbocycles. The summed E-state index contributed by atoms with van der Waals surface area (Å²) in [5, 5.41) is 17.3. The van der Waals surface area contributed by atoms with Gasteiger partial charge in [0.25, 0.3) is 0 Å². The van der Waals surface area contributed by atoms with Crippen molar-refractivity contribution in [2.24, 2.45) is 5.92 Å². The van der Waals surface area contributed by atoms with Gasteiger partial charge in [0.15, 0.2) is 5.65 Å². The molecule has 2 atom stereocenters. The average Bonchev–Trinajstić information content (AvgIpc) is 3.06. The Bertz CT molecular complexity index is 566. The van der Waals surface area contributed by atoms with E-state index in [1.165, 1.54) is 6.42 Å². The second kappa shape index (κ2) is 5.17. The van der Waals surface area contributed by atoms with Gasteiger partial charge in [-0.15, -0.1) is 0 Å². The Labute approximate surface area is 112 Å². The molecule has 0 unspecified atom stereocenters. The highest BCUT2D eigenvalue weighted by Crippen LogP contribution is 2.28. The zero-order valence-corrected chi connectivity index (χ0v) is 11.2. The van der Waals surface area contributed by atoms with Crippen LogP contribution in [0.4, 0.5) is 5.82 Å². The molecule has 3 rings (SSSR count). The van der Waals surface area contributed by atoms with Gasteiger partial charge in [0.05, 0.1) is 6.20 Å². The summed E-state index contributed by atoms with van der Waals surface area (Å²) in [5.74, 6) is 1.33. The third kappa shape index (κ3) is 2.30. The van der Waals surface area contributed by atoms with Crippen molar-refractivity contribution in [1.29, 1.82) is 0 Å². The maximum atomic E-state index is 9.41. The van der Waals surface area contributed by atoms with Crippen molar-refractivity contribution in [2.75, 3.05) is 11.9 Å². The van der Waals surface area contributed by atoms with Gasteiger partial charge in [-0.2, -0.15) is 9.61 Å². The van der Waals surface area contributed by atoms with Crippen LogP contribution in [-0.2, 0) is 6.42 Å². The monoisotopic (exact) mass is 260 g/mol. The molecule has 1 fully saturated rings. The van der Waals surface area contributed by atoms with E-state index in [-0.39, 0.29) is 6.61 Å². The lowest BCUT2D eigenvalue weighted by atomic mass is 10.1. The molecule has 0 radical (unpaired) electrons. The fourth-order valence-corrected chi connectivity index (χ4v) is 2.88. The summed E-state index contributed by atoms with van der Waals surface area (Å²) in [7, 11) is 0. The highest BCUT2D eigenvalue weighted by Gasteiger charge is 2.27. The van der Waals surface area contributed by atoms with Crippen LogP contribution < -0.4 is 5.32 Å². The van der Waals surface area contributed by atoms with Gasteiger partial charge in [0, 0.05) is 36.4 Å². The Balaban J connectivity index is 1.92. The summed E-state index contributed by atoms with van der Waals surface area (Å²) in [5.41, 5.74) is 1.94.